The van der Waals surface area contributed by atoms with Gasteiger partial charge in [-0.15, -0.1) is 0 Å². The normalized spacial score (nSPS) is 45.5. The maximum Gasteiger partial charge on any atom is 0.243 e. The van der Waals surface area contributed by atoms with E-state index in [1.807, 2.05) is 26.0 Å². The van der Waals surface area contributed by atoms with Crippen LogP contribution in [0.25, 0.3) is 0 Å². The maximum absolute atomic E-state index is 12.8. The molecule has 20 heavy (non-hydrogen) atoms. The molecule has 4 rings (SSSR count). The molecular formula is C15H19NO3S. The summed E-state index contributed by atoms with van der Waals surface area (Å²) >= 11 is 0. The van der Waals surface area contributed by atoms with Gasteiger partial charge in [0, 0.05) is 6.04 Å². The molecule has 0 N–H and O–H groups in total. The number of benzene rings is 1. The van der Waals surface area contributed by atoms with E-state index in [2.05, 4.69) is 6.92 Å². The van der Waals surface area contributed by atoms with Crippen molar-refractivity contribution >= 4 is 10.0 Å². The second kappa shape index (κ2) is 3.46. The van der Waals surface area contributed by atoms with E-state index in [1.165, 1.54) is 0 Å². The highest BCUT2D eigenvalue weighted by Gasteiger charge is 2.76. The number of nitrogens with zero attached hydrogens (tertiary/aromatic N) is 1. The lowest BCUT2D eigenvalue weighted by molar-refractivity contribution is 0.277. The lowest BCUT2D eigenvalue weighted by Crippen LogP contribution is -2.29. The quantitative estimate of drug-likeness (QED) is 0.784. The van der Waals surface area contributed by atoms with Gasteiger partial charge in [0.2, 0.25) is 10.0 Å². The van der Waals surface area contributed by atoms with Crippen molar-refractivity contribution in [2.75, 3.05) is 0 Å². The van der Waals surface area contributed by atoms with E-state index in [0.717, 1.165) is 18.4 Å². The molecule has 3 fully saturated rings. The predicted octanol–water partition coefficient (Wildman–Crippen LogP) is 2.08. The number of fused-ring (bicyclic) bond motifs is 2. The Hall–Kier alpha value is -0.910. The molecule has 5 atom stereocenters. The van der Waals surface area contributed by atoms with Crippen LogP contribution in [-0.4, -0.2) is 36.0 Å². The molecule has 1 aromatic rings. The molecule has 0 bridgehead atoms. The van der Waals surface area contributed by atoms with Crippen LogP contribution >= 0.6 is 0 Å². The molecular weight excluding hydrogens is 274 g/mol. The third-order valence-electron chi connectivity index (χ3n) is 5.20. The first kappa shape index (κ1) is 12.8. The molecule has 1 aromatic carbocycles. The van der Waals surface area contributed by atoms with Crippen molar-refractivity contribution in [1.29, 1.82) is 0 Å². The Morgan fingerprint density at radius 1 is 1.25 bits per heavy atom. The largest absolute Gasteiger partial charge is 0.366 e. The van der Waals surface area contributed by atoms with Crippen molar-refractivity contribution in [1.82, 2.24) is 4.31 Å². The van der Waals surface area contributed by atoms with Gasteiger partial charge in [-0.3, -0.25) is 0 Å². The molecule has 0 radical (unpaired) electrons. The lowest BCUT2D eigenvalue weighted by Gasteiger charge is -2.17. The van der Waals surface area contributed by atoms with Crippen molar-refractivity contribution in [3.63, 3.8) is 0 Å². The van der Waals surface area contributed by atoms with Gasteiger partial charge in [0.1, 0.15) is 0 Å². The Bertz CT molecular complexity index is 684. The molecule has 2 saturated heterocycles. The highest BCUT2D eigenvalue weighted by molar-refractivity contribution is 7.89. The molecule has 4 nitrogen and oxygen atoms in total. The SMILES string of the molecule is Cc1ccc(S(=O)(=O)N2[C@H]3C[C@H]4O[C@@]4(C)C[C@]32C)cc1. The maximum atomic E-state index is 12.8. The summed E-state index contributed by atoms with van der Waals surface area (Å²) in [6.45, 7) is 6.10. The first-order valence-electron chi connectivity index (χ1n) is 7.06. The summed E-state index contributed by atoms with van der Waals surface area (Å²) in [6.07, 6.45) is 1.89. The van der Waals surface area contributed by atoms with Gasteiger partial charge in [-0.2, -0.15) is 4.31 Å². The predicted molar refractivity (Wildman–Crippen MR) is 74.9 cm³/mol. The number of ether oxygens (including phenoxy) is 1. The minimum Gasteiger partial charge on any atom is -0.366 e. The lowest BCUT2D eigenvalue weighted by atomic mass is 9.83. The van der Waals surface area contributed by atoms with Crippen LogP contribution in [-0.2, 0) is 14.8 Å². The number of hydrogen-bond acceptors (Lipinski definition) is 3. The van der Waals surface area contributed by atoms with Gasteiger partial charge < -0.3 is 4.74 Å². The van der Waals surface area contributed by atoms with Crippen LogP contribution in [0.5, 0.6) is 0 Å². The number of epoxide rings is 1. The summed E-state index contributed by atoms with van der Waals surface area (Å²) in [7, 11) is -3.38. The van der Waals surface area contributed by atoms with E-state index in [9.17, 15) is 8.42 Å². The van der Waals surface area contributed by atoms with E-state index >= 15 is 0 Å². The minimum atomic E-state index is -3.38. The van der Waals surface area contributed by atoms with E-state index in [0.29, 0.717) is 4.90 Å². The van der Waals surface area contributed by atoms with Gasteiger partial charge in [-0.25, -0.2) is 8.42 Å². The van der Waals surface area contributed by atoms with Crippen LogP contribution < -0.4 is 0 Å². The Labute approximate surface area is 119 Å². The minimum absolute atomic E-state index is 0.0944. The zero-order chi connectivity index (χ0) is 14.3. The summed E-state index contributed by atoms with van der Waals surface area (Å²) < 4.78 is 33.0. The number of hydrogen-bond donors (Lipinski definition) is 0. The van der Waals surface area contributed by atoms with Gasteiger partial charge in [0.25, 0.3) is 0 Å². The molecule has 1 saturated carbocycles. The number of aryl methyl sites for hydroxylation is 1. The average Bonchev–Trinajstić information content (AvgIpc) is 3.16. The second-order valence-corrected chi connectivity index (χ2v) is 8.63. The van der Waals surface area contributed by atoms with Crippen molar-refractivity contribution in [3.05, 3.63) is 29.8 Å². The highest BCUT2D eigenvalue weighted by atomic mass is 32.2. The Balaban J connectivity index is 1.67. The smallest absolute Gasteiger partial charge is 0.243 e. The Kier molecular flexibility index (Phi) is 2.21. The zero-order valence-corrected chi connectivity index (χ0v) is 12.8. The van der Waals surface area contributed by atoms with Crippen LogP contribution in [0.2, 0.25) is 0 Å². The van der Waals surface area contributed by atoms with Crippen molar-refractivity contribution in [2.24, 2.45) is 0 Å². The first-order chi connectivity index (χ1) is 9.27. The third-order valence-corrected chi connectivity index (χ3v) is 7.25. The average molecular weight is 293 g/mol. The van der Waals surface area contributed by atoms with E-state index in [1.54, 1.807) is 16.4 Å². The van der Waals surface area contributed by atoms with Gasteiger partial charge in [-0.1, -0.05) is 17.7 Å². The third kappa shape index (κ3) is 1.51. The highest BCUT2D eigenvalue weighted by Crippen LogP contribution is 2.63. The fraction of sp³-hybridized carbons (Fsp3) is 0.600. The fourth-order valence-electron chi connectivity index (χ4n) is 3.94. The van der Waals surface area contributed by atoms with Gasteiger partial charge in [0.05, 0.1) is 22.1 Å². The van der Waals surface area contributed by atoms with Crippen LogP contribution in [0, 0.1) is 6.92 Å². The van der Waals surface area contributed by atoms with Crippen LogP contribution in [0.15, 0.2) is 29.2 Å². The number of rotatable bonds is 2. The standard InChI is InChI=1S/C15H19NO3S/c1-10-4-6-11(7-5-10)20(17,18)16-12-8-13-15(3,19-13)9-14(12,16)2/h4-7,12-13H,8-9H2,1-3H3/t12-,13+,14+,15-,16?/m0/s1. The molecule has 108 valence electrons. The molecule has 1 unspecified atom stereocenters. The molecule has 3 aliphatic rings. The summed E-state index contributed by atoms with van der Waals surface area (Å²) in [4.78, 5) is 0.401. The monoisotopic (exact) mass is 293 g/mol. The summed E-state index contributed by atoms with van der Waals surface area (Å²) in [5.41, 5.74) is 0.717. The van der Waals surface area contributed by atoms with Crippen LogP contribution in [0.1, 0.15) is 32.3 Å². The zero-order valence-electron chi connectivity index (χ0n) is 12.0. The molecule has 0 amide bonds. The van der Waals surface area contributed by atoms with Crippen molar-refractivity contribution in [3.8, 4) is 0 Å². The van der Waals surface area contributed by atoms with Crippen molar-refractivity contribution in [2.45, 2.75) is 61.8 Å². The first-order valence-corrected chi connectivity index (χ1v) is 8.50. The number of sulfonamides is 1. The fourth-order valence-corrected chi connectivity index (χ4v) is 5.98. The van der Waals surface area contributed by atoms with Crippen molar-refractivity contribution < 1.29 is 13.2 Å². The second-order valence-electron chi connectivity index (χ2n) is 6.82. The summed E-state index contributed by atoms with van der Waals surface area (Å²) in [5, 5.41) is 0. The molecule has 0 spiro atoms. The molecule has 5 heteroatoms. The van der Waals surface area contributed by atoms with Gasteiger partial charge in [0.15, 0.2) is 0 Å². The van der Waals surface area contributed by atoms with E-state index < -0.39 is 10.0 Å². The van der Waals surface area contributed by atoms with Gasteiger partial charge >= 0.3 is 0 Å². The van der Waals surface area contributed by atoms with E-state index in [4.69, 9.17) is 4.74 Å². The summed E-state index contributed by atoms with van der Waals surface area (Å²) in [5.74, 6) is 0. The molecule has 2 aliphatic heterocycles. The van der Waals surface area contributed by atoms with Crippen LogP contribution in [0.3, 0.4) is 0 Å². The molecule has 2 heterocycles. The van der Waals surface area contributed by atoms with Gasteiger partial charge in [-0.05, 0) is 45.7 Å². The Morgan fingerprint density at radius 3 is 2.50 bits per heavy atom. The topological polar surface area (TPSA) is 49.7 Å². The van der Waals surface area contributed by atoms with Crippen LogP contribution in [0.4, 0.5) is 0 Å². The molecule has 0 aromatic heterocycles. The summed E-state index contributed by atoms with van der Waals surface area (Å²) in [6, 6.07) is 7.22. The molecule has 1 aliphatic carbocycles. The Morgan fingerprint density at radius 2 is 1.90 bits per heavy atom. The van der Waals surface area contributed by atoms with E-state index in [-0.39, 0.29) is 23.3 Å².